The molecule has 0 radical (unpaired) electrons. The van der Waals surface area contributed by atoms with Gasteiger partial charge in [-0.3, -0.25) is 14.4 Å². The molecule has 1 saturated heterocycles. The smallest absolute Gasteiger partial charge is 0.329 e. The summed E-state index contributed by atoms with van der Waals surface area (Å²) in [6.07, 6.45) is 3.48. The van der Waals surface area contributed by atoms with Crippen LogP contribution in [0.25, 0.3) is 0 Å². The van der Waals surface area contributed by atoms with Crippen molar-refractivity contribution < 1.29 is 28.6 Å². The second-order valence-electron chi connectivity index (χ2n) is 7.52. The Bertz CT molecular complexity index is 1050. The van der Waals surface area contributed by atoms with Crippen molar-refractivity contribution in [2.75, 3.05) is 26.5 Å². The number of amides is 3. The van der Waals surface area contributed by atoms with Gasteiger partial charge < -0.3 is 24.4 Å². The normalized spacial score (nSPS) is 14.4. The summed E-state index contributed by atoms with van der Waals surface area (Å²) in [6, 6.07) is 12.1. The third kappa shape index (κ3) is 6.00. The molecule has 0 saturated carbocycles. The molecule has 10 heteroatoms. The van der Waals surface area contributed by atoms with E-state index in [1.807, 2.05) is 0 Å². The van der Waals surface area contributed by atoms with Gasteiger partial charge in [0.15, 0.2) is 18.1 Å². The Kier molecular flexibility index (Phi) is 7.03. The summed E-state index contributed by atoms with van der Waals surface area (Å²) in [4.78, 5) is 37.7. The van der Waals surface area contributed by atoms with Crippen molar-refractivity contribution in [3.05, 3.63) is 53.6 Å². The first-order valence-corrected chi connectivity index (χ1v) is 10.6. The van der Waals surface area contributed by atoms with E-state index in [9.17, 15) is 14.4 Å². The number of fused-ring (bicyclic) bond motifs is 1. The lowest BCUT2D eigenvalue weighted by Gasteiger charge is -2.15. The van der Waals surface area contributed by atoms with Gasteiger partial charge in [0.1, 0.15) is 5.75 Å². The van der Waals surface area contributed by atoms with Gasteiger partial charge in [0.05, 0.1) is 6.21 Å². The highest BCUT2D eigenvalue weighted by molar-refractivity contribution is 6.35. The SMILES string of the molecule is O=C(NCc1ccc2c(c1)OCO2)C(=O)N/N=C\c1ccc(OCC(=O)N2CCCC2)cc1. The van der Waals surface area contributed by atoms with Crippen LogP contribution in [0.1, 0.15) is 24.0 Å². The van der Waals surface area contributed by atoms with Gasteiger partial charge in [-0.2, -0.15) is 5.10 Å². The maximum atomic E-state index is 12.0. The van der Waals surface area contributed by atoms with Crippen molar-refractivity contribution in [1.82, 2.24) is 15.6 Å². The number of rotatable bonds is 7. The van der Waals surface area contributed by atoms with Gasteiger partial charge >= 0.3 is 11.8 Å². The van der Waals surface area contributed by atoms with E-state index in [1.165, 1.54) is 6.21 Å². The average Bonchev–Trinajstić information content (AvgIpc) is 3.53. The lowest BCUT2D eigenvalue weighted by atomic mass is 10.2. The van der Waals surface area contributed by atoms with Crippen LogP contribution in [-0.4, -0.2) is 55.3 Å². The zero-order valence-corrected chi connectivity index (χ0v) is 17.9. The molecule has 172 valence electrons. The second-order valence-corrected chi connectivity index (χ2v) is 7.52. The zero-order valence-electron chi connectivity index (χ0n) is 17.9. The minimum absolute atomic E-state index is 0.00482. The lowest BCUT2D eigenvalue weighted by Crippen LogP contribution is -2.37. The molecular weight excluding hydrogens is 428 g/mol. The predicted octanol–water partition coefficient (Wildman–Crippen LogP) is 1.18. The summed E-state index contributed by atoms with van der Waals surface area (Å²) in [6.45, 7) is 1.92. The molecule has 2 N–H and O–H groups in total. The first-order valence-electron chi connectivity index (χ1n) is 10.6. The van der Waals surface area contributed by atoms with Crippen LogP contribution in [0.3, 0.4) is 0 Å². The topological polar surface area (TPSA) is 119 Å². The highest BCUT2D eigenvalue weighted by Gasteiger charge is 2.18. The Morgan fingerprint density at radius 1 is 1.00 bits per heavy atom. The van der Waals surface area contributed by atoms with E-state index in [0.717, 1.165) is 31.5 Å². The minimum atomic E-state index is -0.882. The van der Waals surface area contributed by atoms with Crippen LogP contribution in [0, 0.1) is 0 Å². The van der Waals surface area contributed by atoms with Crippen molar-refractivity contribution in [1.29, 1.82) is 0 Å². The molecule has 0 aromatic heterocycles. The van der Waals surface area contributed by atoms with Crippen LogP contribution in [0.2, 0.25) is 0 Å². The Morgan fingerprint density at radius 2 is 1.76 bits per heavy atom. The first-order chi connectivity index (χ1) is 16.1. The summed E-state index contributed by atoms with van der Waals surface area (Å²) in [7, 11) is 0. The number of benzene rings is 2. The number of hydrogen-bond acceptors (Lipinski definition) is 7. The van der Waals surface area contributed by atoms with Crippen molar-refractivity contribution in [2.24, 2.45) is 5.10 Å². The van der Waals surface area contributed by atoms with Gasteiger partial charge in [-0.25, -0.2) is 5.43 Å². The maximum Gasteiger partial charge on any atom is 0.329 e. The average molecular weight is 452 g/mol. The van der Waals surface area contributed by atoms with E-state index in [1.54, 1.807) is 47.4 Å². The number of ether oxygens (including phenoxy) is 3. The molecule has 2 aromatic carbocycles. The fraction of sp³-hybridized carbons (Fsp3) is 0.304. The Morgan fingerprint density at radius 3 is 2.55 bits per heavy atom. The van der Waals surface area contributed by atoms with Crippen LogP contribution in [0.4, 0.5) is 0 Å². The number of carbonyl (C=O) groups excluding carboxylic acids is 3. The fourth-order valence-corrected chi connectivity index (χ4v) is 3.38. The van der Waals surface area contributed by atoms with E-state index < -0.39 is 11.8 Å². The first kappa shape index (κ1) is 22.1. The number of hydrogen-bond donors (Lipinski definition) is 2. The molecular formula is C23H24N4O6. The fourth-order valence-electron chi connectivity index (χ4n) is 3.38. The highest BCUT2D eigenvalue weighted by atomic mass is 16.7. The predicted molar refractivity (Wildman–Crippen MR) is 118 cm³/mol. The summed E-state index contributed by atoms with van der Waals surface area (Å²) in [5.74, 6) is 0.102. The van der Waals surface area contributed by atoms with Crippen LogP contribution in [0.5, 0.6) is 17.2 Å². The van der Waals surface area contributed by atoms with Crippen LogP contribution in [-0.2, 0) is 20.9 Å². The van der Waals surface area contributed by atoms with Gasteiger partial charge in [-0.05, 0) is 60.4 Å². The van der Waals surface area contributed by atoms with Gasteiger partial charge in [-0.1, -0.05) is 6.07 Å². The second kappa shape index (κ2) is 10.5. The van der Waals surface area contributed by atoms with E-state index >= 15 is 0 Å². The van der Waals surface area contributed by atoms with Gasteiger partial charge in [0.25, 0.3) is 5.91 Å². The number of hydrazone groups is 1. The molecule has 33 heavy (non-hydrogen) atoms. The molecule has 0 spiro atoms. The zero-order chi connectivity index (χ0) is 23.0. The van der Waals surface area contributed by atoms with Gasteiger partial charge in [0.2, 0.25) is 6.79 Å². The van der Waals surface area contributed by atoms with Crippen molar-refractivity contribution in [3.63, 3.8) is 0 Å². The summed E-state index contributed by atoms with van der Waals surface area (Å²) in [5.41, 5.74) is 3.65. The molecule has 2 aliphatic heterocycles. The molecule has 2 aliphatic rings. The van der Waals surface area contributed by atoms with E-state index in [2.05, 4.69) is 15.8 Å². The molecule has 0 unspecified atom stereocenters. The Balaban J connectivity index is 1.18. The molecule has 3 amide bonds. The number of carbonyl (C=O) groups is 3. The lowest BCUT2D eigenvalue weighted by molar-refractivity contribution is -0.139. The quantitative estimate of drug-likeness (QED) is 0.370. The third-order valence-corrected chi connectivity index (χ3v) is 5.18. The summed E-state index contributed by atoms with van der Waals surface area (Å²) >= 11 is 0. The van der Waals surface area contributed by atoms with Gasteiger partial charge in [0, 0.05) is 19.6 Å². The van der Waals surface area contributed by atoms with Crippen molar-refractivity contribution in [2.45, 2.75) is 19.4 Å². The van der Waals surface area contributed by atoms with Crippen LogP contribution < -0.4 is 25.0 Å². The Hall–Kier alpha value is -4.08. The summed E-state index contributed by atoms with van der Waals surface area (Å²) in [5, 5.41) is 6.32. The van der Waals surface area contributed by atoms with E-state index in [-0.39, 0.29) is 25.9 Å². The largest absolute Gasteiger partial charge is 0.484 e. The van der Waals surface area contributed by atoms with Crippen molar-refractivity contribution >= 4 is 23.9 Å². The van der Waals surface area contributed by atoms with Crippen LogP contribution in [0.15, 0.2) is 47.6 Å². The van der Waals surface area contributed by atoms with Crippen molar-refractivity contribution in [3.8, 4) is 17.2 Å². The number of nitrogens with zero attached hydrogens (tertiary/aromatic N) is 2. The maximum absolute atomic E-state index is 12.0. The molecule has 2 heterocycles. The summed E-state index contributed by atoms with van der Waals surface area (Å²) < 4.78 is 16.0. The third-order valence-electron chi connectivity index (χ3n) is 5.18. The molecule has 0 bridgehead atoms. The molecule has 0 atom stereocenters. The standard InChI is InChI=1S/C23H24N4O6/c28-21(27-9-1-2-10-27)14-31-18-6-3-16(4-7-18)13-25-26-23(30)22(29)24-12-17-5-8-19-20(11-17)33-15-32-19/h3-8,11,13H,1-2,9-10,12,14-15H2,(H,24,29)(H,26,30)/b25-13-. The van der Waals surface area contributed by atoms with Crippen LogP contribution >= 0.6 is 0 Å². The monoisotopic (exact) mass is 452 g/mol. The highest BCUT2D eigenvalue weighted by Crippen LogP contribution is 2.32. The van der Waals surface area contributed by atoms with E-state index in [0.29, 0.717) is 22.8 Å². The Labute approximate surface area is 190 Å². The van der Waals surface area contributed by atoms with Gasteiger partial charge in [-0.15, -0.1) is 0 Å². The molecule has 10 nitrogen and oxygen atoms in total. The molecule has 2 aromatic rings. The van der Waals surface area contributed by atoms with E-state index in [4.69, 9.17) is 14.2 Å². The number of nitrogens with one attached hydrogen (secondary N) is 2. The number of likely N-dealkylation sites (tertiary alicyclic amines) is 1. The molecule has 1 fully saturated rings. The molecule has 0 aliphatic carbocycles. The minimum Gasteiger partial charge on any atom is -0.484 e. The molecule has 4 rings (SSSR count).